The van der Waals surface area contributed by atoms with Crippen LogP contribution in [0.25, 0.3) is 0 Å². The molecule has 1 aromatic heterocycles. The zero-order valence-electron chi connectivity index (χ0n) is 5.46. The quantitative estimate of drug-likeness (QED) is 0.369. The largest absolute Gasteiger partial charge is 0.711 e. The van der Waals surface area contributed by atoms with Crippen LogP contribution in [-0.2, 0) is 0 Å². The molecule has 0 aliphatic heterocycles. The molecule has 1 heterocycles. The Labute approximate surface area is 53.6 Å². The summed E-state index contributed by atoms with van der Waals surface area (Å²) < 4.78 is 0.743. The fourth-order valence-electron chi connectivity index (χ4n) is 0.638. The van der Waals surface area contributed by atoms with Crippen LogP contribution in [-0.4, -0.2) is 4.98 Å². The summed E-state index contributed by atoms with van der Waals surface area (Å²) in [5.74, 6) is 0. The van der Waals surface area contributed by atoms with Gasteiger partial charge in [0, 0.05) is 13.0 Å². The number of aromatic nitrogens is 2. The number of nitrogens with zero attached hydrogens (tertiary/aromatic N) is 2. The molecule has 3 heteroatoms. The average Bonchev–Trinajstić information content (AvgIpc) is 1.80. The highest BCUT2D eigenvalue weighted by atomic mass is 16.5. The molecule has 0 atom stereocenters. The van der Waals surface area contributed by atoms with Gasteiger partial charge in [0.05, 0.1) is 0 Å². The van der Waals surface area contributed by atoms with Crippen molar-refractivity contribution in [3.05, 3.63) is 29.0 Å². The molecule has 0 saturated heterocycles. The van der Waals surface area contributed by atoms with Crippen LogP contribution in [0.4, 0.5) is 0 Å². The van der Waals surface area contributed by atoms with E-state index in [1.807, 2.05) is 6.92 Å². The first-order valence-corrected chi connectivity index (χ1v) is 2.72. The smallest absolute Gasteiger partial charge is 0.289 e. The third-order valence-corrected chi connectivity index (χ3v) is 1.13. The number of rotatable bonds is 0. The molecule has 0 fully saturated rings. The van der Waals surface area contributed by atoms with Gasteiger partial charge in [-0.2, -0.15) is 0 Å². The van der Waals surface area contributed by atoms with E-state index in [2.05, 4.69) is 4.98 Å². The van der Waals surface area contributed by atoms with E-state index < -0.39 is 0 Å². The minimum absolute atomic E-state index is 0.683. The Morgan fingerprint density at radius 3 is 2.67 bits per heavy atom. The summed E-state index contributed by atoms with van der Waals surface area (Å²) in [6.45, 7) is 3.61. The van der Waals surface area contributed by atoms with Gasteiger partial charge in [-0.3, -0.25) is 0 Å². The molecule has 0 aliphatic carbocycles. The molecule has 3 nitrogen and oxygen atoms in total. The van der Waals surface area contributed by atoms with Gasteiger partial charge in [-0.1, -0.05) is 4.98 Å². The van der Waals surface area contributed by atoms with E-state index in [0.29, 0.717) is 5.69 Å². The monoisotopic (exact) mass is 124 g/mol. The molecule has 0 N–H and O–H groups in total. The predicted molar refractivity (Wildman–Crippen MR) is 32.7 cm³/mol. The van der Waals surface area contributed by atoms with Crippen molar-refractivity contribution in [1.29, 1.82) is 0 Å². The topological polar surface area (TPSA) is 39.8 Å². The lowest BCUT2D eigenvalue weighted by molar-refractivity contribution is -0.615. The molecule has 0 radical (unpaired) electrons. The molecule has 48 valence electrons. The van der Waals surface area contributed by atoms with Gasteiger partial charge in [-0.25, -0.2) is 4.73 Å². The van der Waals surface area contributed by atoms with Crippen LogP contribution < -0.4 is 4.73 Å². The number of hydrogen-bond acceptors (Lipinski definition) is 2. The highest BCUT2D eigenvalue weighted by Crippen LogP contribution is 1.89. The SMILES string of the molecule is Cc1cc(C)[n+]([O-])cn1. The molecule has 0 aliphatic rings. The second-order valence-electron chi connectivity index (χ2n) is 2.00. The normalized spacial score (nSPS) is 9.56. The van der Waals surface area contributed by atoms with Gasteiger partial charge >= 0.3 is 0 Å². The highest BCUT2D eigenvalue weighted by Gasteiger charge is 1.95. The van der Waals surface area contributed by atoms with Crippen LogP contribution in [0.3, 0.4) is 0 Å². The number of hydrogen-bond donors (Lipinski definition) is 0. The maximum atomic E-state index is 10.6. The fourth-order valence-corrected chi connectivity index (χ4v) is 0.638. The third-order valence-electron chi connectivity index (χ3n) is 1.13. The van der Waals surface area contributed by atoms with E-state index >= 15 is 0 Å². The van der Waals surface area contributed by atoms with Gasteiger partial charge < -0.3 is 5.21 Å². The van der Waals surface area contributed by atoms with Gasteiger partial charge in [0.25, 0.3) is 6.33 Å². The molecule has 0 amide bonds. The molecule has 0 saturated carbocycles. The Kier molecular flexibility index (Phi) is 1.34. The Balaban J connectivity index is 3.17. The van der Waals surface area contributed by atoms with Crippen LogP contribution >= 0.6 is 0 Å². The third kappa shape index (κ3) is 1.16. The fraction of sp³-hybridized carbons (Fsp3) is 0.333. The van der Waals surface area contributed by atoms with E-state index in [1.165, 1.54) is 6.33 Å². The number of aryl methyl sites for hydroxylation is 2. The summed E-state index contributed by atoms with van der Waals surface area (Å²) in [4.78, 5) is 3.79. The van der Waals surface area contributed by atoms with Crippen molar-refractivity contribution < 1.29 is 4.73 Å². The van der Waals surface area contributed by atoms with Crippen molar-refractivity contribution in [1.82, 2.24) is 4.98 Å². The van der Waals surface area contributed by atoms with E-state index in [9.17, 15) is 5.21 Å². The summed E-state index contributed by atoms with van der Waals surface area (Å²) in [6, 6.07) is 1.74. The van der Waals surface area contributed by atoms with Gasteiger partial charge in [0.2, 0.25) is 0 Å². The van der Waals surface area contributed by atoms with Crippen LogP contribution in [0.1, 0.15) is 11.4 Å². The maximum Gasteiger partial charge on any atom is 0.289 e. The minimum atomic E-state index is 0.683. The Morgan fingerprint density at radius 1 is 1.56 bits per heavy atom. The second kappa shape index (κ2) is 2.01. The zero-order chi connectivity index (χ0) is 6.85. The van der Waals surface area contributed by atoms with Gasteiger partial charge in [-0.05, 0) is 6.92 Å². The van der Waals surface area contributed by atoms with Crippen molar-refractivity contribution in [2.45, 2.75) is 13.8 Å². The average molecular weight is 124 g/mol. The van der Waals surface area contributed by atoms with Crippen molar-refractivity contribution in [3.63, 3.8) is 0 Å². The lowest BCUT2D eigenvalue weighted by Gasteiger charge is -2.01. The molecular weight excluding hydrogens is 116 g/mol. The Bertz CT molecular complexity index is 222. The summed E-state index contributed by atoms with van der Waals surface area (Å²) >= 11 is 0. The Morgan fingerprint density at radius 2 is 2.22 bits per heavy atom. The summed E-state index contributed by atoms with van der Waals surface area (Å²) in [6.07, 6.45) is 1.27. The van der Waals surface area contributed by atoms with E-state index in [0.717, 1.165) is 10.4 Å². The lowest BCUT2D eigenvalue weighted by atomic mass is 10.4. The van der Waals surface area contributed by atoms with E-state index in [-0.39, 0.29) is 0 Å². The van der Waals surface area contributed by atoms with Crippen LogP contribution in [0.15, 0.2) is 12.4 Å². The molecule has 0 unspecified atom stereocenters. The summed E-state index contributed by atoms with van der Waals surface area (Å²) in [5.41, 5.74) is 1.56. The van der Waals surface area contributed by atoms with E-state index in [1.54, 1.807) is 13.0 Å². The predicted octanol–water partition coefficient (Wildman–Crippen LogP) is 0.332. The standard InChI is InChI=1S/C6H8N2O/c1-5-3-6(2)8(9)4-7-5/h3-4H,1-2H3. The highest BCUT2D eigenvalue weighted by molar-refractivity contribution is 4.99. The van der Waals surface area contributed by atoms with Gasteiger partial charge in [-0.15, -0.1) is 0 Å². The second-order valence-corrected chi connectivity index (χ2v) is 2.00. The minimum Gasteiger partial charge on any atom is -0.711 e. The van der Waals surface area contributed by atoms with Crippen LogP contribution in [0.2, 0.25) is 0 Å². The lowest BCUT2D eigenvalue weighted by Crippen LogP contribution is -2.30. The molecule has 0 spiro atoms. The summed E-state index contributed by atoms with van der Waals surface area (Å²) in [7, 11) is 0. The Hall–Kier alpha value is -1.12. The molecule has 0 bridgehead atoms. The van der Waals surface area contributed by atoms with Crippen LogP contribution in [0.5, 0.6) is 0 Å². The maximum absolute atomic E-state index is 10.6. The first-order chi connectivity index (χ1) is 4.20. The molecule has 9 heavy (non-hydrogen) atoms. The molecule has 1 rings (SSSR count). The zero-order valence-corrected chi connectivity index (χ0v) is 5.46. The van der Waals surface area contributed by atoms with Gasteiger partial charge in [0.1, 0.15) is 5.69 Å². The van der Waals surface area contributed by atoms with E-state index in [4.69, 9.17) is 0 Å². The van der Waals surface area contributed by atoms with Crippen molar-refractivity contribution >= 4 is 0 Å². The van der Waals surface area contributed by atoms with Crippen molar-refractivity contribution in [3.8, 4) is 0 Å². The summed E-state index contributed by atoms with van der Waals surface area (Å²) in [5, 5.41) is 10.6. The van der Waals surface area contributed by atoms with Gasteiger partial charge in [0.15, 0.2) is 5.69 Å². The van der Waals surface area contributed by atoms with Crippen molar-refractivity contribution in [2.75, 3.05) is 0 Å². The first-order valence-electron chi connectivity index (χ1n) is 2.72. The molecule has 0 aromatic carbocycles. The first kappa shape index (κ1) is 6.01. The van der Waals surface area contributed by atoms with Crippen molar-refractivity contribution in [2.24, 2.45) is 0 Å². The molecular formula is C6H8N2O. The van der Waals surface area contributed by atoms with Crippen LogP contribution in [0, 0.1) is 19.1 Å². The molecule has 1 aromatic rings.